The van der Waals surface area contributed by atoms with Gasteiger partial charge >= 0.3 is 0 Å². The van der Waals surface area contributed by atoms with Crippen LogP contribution in [0.4, 0.5) is 5.82 Å². The summed E-state index contributed by atoms with van der Waals surface area (Å²) in [4.78, 5) is 4.72. The molecule has 0 atom stereocenters. The average Bonchev–Trinajstić information content (AvgIpc) is 2.49. The molecule has 0 saturated heterocycles. The van der Waals surface area contributed by atoms with Crippen molar-refractivity contribution in [3.63, 3.8) is 0 Å². The van der Waals surface area contributed by atoms with Gasteiger partial charge in [0.25, 0.3) is 0 Å². The predicted molar refractivity (Wildman–Crippen MR) is 89.3 cm³/mol. The van der Waals surface area contributed by atoms with Gasteiger partial charge in [-0.05, 0) is 61.1 Å². The van der Waals surface area contributed by atoms with E-state index in [1.165, 1.54) is 54.2 Å². The van der Waals surface area contributed by atoms with E-state index in [9.17, 15) is 0 Å². The van der Waals surface area contributed by atoms with Crippen LogP contribution in [0.15, 0.2) is 18.2 Å². The van der Waals surface area contributed by atoms with Crippen molar-refractivity contribution >= 4 is 16.7 Å². The standard InChI is InChI=1S/C18H25N3/c1-12-8-15-11-16(10-14-6-4-3-5-7-14)18(21-19)20-17(15)9-13(12)2/h8-9,11,14H,3-7,10,19H2,1-2H3,(H,20,21). The molecule has 0 bridgehead atoms. The van der Waals surface area contributed by atoms with E-state index in [1.807, 2.05) is 0 Å². The number of hydrogen-bond acceptors (Lipinski definition) is 3. The number of benzene rings is 1. The van der Waals surface area contributed by atoms with E-state index in [0.29, 0.717) is 0 Å². The van der Waals surface area contributed by atoms with E-state index in [2.05, 4.69) is 37.5 Å². The lowest BCUT2D eigenvalue weighted by molar-refractivity contribution is 0.357. The molecule has 3 heteroatoms. The summed E-state index contributed by atoms with van der Waals surface area (Å²) in [6, 6.07) is 6.66. The Bertz CT molecular complexity index is 642. The number of pyridine rings is 1. The normalized spacial score (nSPS) is 16.3. The SMILES string of the molecule is Cc1cc2cc(CC3CCCCC3)c(NN)nc2cc1C. The lowest BCUT2D eigenvalue weighted by atomic mass is 9.84. The summed E-state index contributed by atoms with van der Waals surface area (Å²) >= 11 is 0. The van der Waals surface area contributed by atoms with Crippen molar-refractivity contribution in [2.45, 2.75) is 52.4 Å². The van der Waals surface area contributed by atoms with Crippen molar-refractivity contribution in [1.82, 2.24) is 4.98 Å². The minimum absolute atomic E-state index is 0.789. The van der Waals surface area contributed by atoms with Crippen LogP contribution in [-0.4, -0.2) is 4.98 Å². The molecular formula is C18H25N3. The second kappa shape index (κ2) is 6.02. The summed E-state index contributed by atoms with van der Waals surface area (Å²) < 4.78 is 0. The highest BCUT2D eigenvalue weighted by Gasteiger charge is 2.17. The molecule has 1 aromatic carbocycles. The fourth-order valence-corrected chi connectivity index (χ4v) is 3.47. The number of nitrogens with zero attached hydrogens (tertiary/aromatic N) is 1. The molecule has 1 fully saturated rings. The topological polar surface area (TPSA) is 50.9 Å². The van der Waals surface area contributed by atoms with Gasteiger partial charge in [-0.25, -0.2) is 10.8 Å². The molecule has 1 aromatic heterocycles. The second-order valence-corrected chi connectivity index (χ2v) is 6.48. The average molecular weight is 283 g/mol. The fraction of sp³-hybridized carbons (Fsp3) is 0.500. The number of nitrogens with two attached hydrogens (primary N) is 1. The Morgan fingerprint density at radius 3 is 2.52 bits per heavy atom. The Morgan fingerprint density at radius 1 is 1.10 bits per heavy atom. The van der Waals surface area contributed by atoms with Crippen molar-refractivity contribution in [2.75, 3.05) is 5.43 Å². The molecule has 1 aliphatic carbocycles. The Labute approximate surface area is 126 Å². The van der Waals surface area contributed by atoms with Crippen LogP contribution < -0.4 is 11.3 Å². The van der Waals surface area contributed by atoms with Crippen molar-refractivity contribution < 1.29 is 0 Å². The second-order valence-electron chi connectivity index (χ2n) is 6.48. The maximum Gasteiger partial charge on any atom is 0.143 e. The van der Waals surface area contributed by atoms with Gasteiger partial charge < -0.3 is 5.43 Å². The lowest BCUT2D eigenvalue weighted by Gasteiger charge is -2.22. The Morgan fingerprint density at radius 2 is 1.81 bits per heavy atom. The van der Waals surface area contributed by atoms with Gasteiger partial charge in [0, 0.05) is 5.39 Å². The van der Waals surface area contributed by atoms with Crippen LogP contribution in [0, 0.1) is 19.8 Å². The minimum atomic E-state index is 0.789. The van der Waals surface area contributed by atoms with Crippen LogP contribution >= 0.6 is 0 Å². The molecule has 3 rings (SSSR count). The van der Waals surface area contributed by atoms with Crippen molar-refractivity contribution in [1.29, 1.82) is 0 Å². The highest BCUT2D eigenvalue weighted by atomic mass is 15.2. The summed E-state index contributed by atoms with van der Waals surface area (Å²) in [5.74, 6) is 7.33. The Balaban J connectivity index is 1.97. The Hall–Kier alpha value is -1.61. The van der Waals surface area contributed by atoms with Gasteiger partial charge in [-0.15, -0.1) is 0 Å². The van der Waals surface area contributed by atoms with Gasteiger partial charge in [-0.2, -0.15) is 0 Å². The quantitative estimate of drug-likeness (QED) is 0.653. The summed E-state index contributed by atoms with van der Waals surface area (Å²) in [5.41, 5.74) is 7.69. The van der Waals surface area contributed by atoms with Crippen LogP contribution in [0.25, 0.3) is 10.9 Å². The number of hydrazine groups is 1. The van der Waals surface area contributed by atoms with Crippen LogP contribution in [0.2, 0.25) is 0 Å². The van der Waals surface area contributed by atoms with Crippen LogP contribution in [0.3, 0.4) is 0 Å². The number of anilines is 1. The molecule has 3 nitrogen and oxygen atoms in total. The molecule has 2 aromatic rings. The molecule has 0 amide bonds. The van der Waals surface area contributed by atoms with Gasteiger partial charge in [0.1, 0.15) is 5.82 Å². The van der Waals surface area contributed by atoms with E-state index in [4.69, 9.17) is 10.8 Å². The van der Waals surface area contributed by atoms with Gasteiger partial charge in [0.15, 0.2) is 0 Å². The van der Waals surface area contributed by atoms with Gasteiger partial charge in [-0.3, -0.25) is 0 Å². The number of rotatable bonds is 3. The van der Waals surface area contributed by atoms with Gasteiger partial charge in [-0.1, -0.05) is 32.1 Å². The molecule has 1 heterocycles. The maximum atomic E-state index is 5.70. The highest BCUT2D eigenvalue weighted by molar-refractivity contribution is 5.83. The molecule has 21 heavy (non-hydrogen) atoms. The van der Waals surface area contributed by atoms with Crippen LogP contribution in [0.5, 0.6) is 0 Å². The maximum absolute atomic E-state index is 5.70. The molecular weight excluding hydrogens is 258 g/mol. The monoisotopic (exact) mass is 283 g/mol. The molecule has 1 aliphatic rings. The van der Waals surface area contributed by atoms with Gasteiger partial charge in [0.2, 0.25) is 0 Å². The molecule has 0 aliphatic heterocycles. The van der Waals surface area contributed by atoms with E-state index < -0.39 is 0 Å². The van der Waals surface area contributed by atoms with E-state index in [1.54, 1.807) is 0 Å². The number of aryl methyl sites for hydroxylation is 2. The van der Waals surface area contributed by atoms with Gasteiger partial charge in [0.05, 0.1) is 5.52 Å². The van der Waals surface area contributed by atoms with E-state index in [-0.39, 0.29) is 0 Å². The third-order valence-electron chi connectivity index (χ3n) is 4.88. The number of aromatic nitrogens is 1. The minimum Gasteiger partial charge on any atom is -0.308 e. The zero-order valence-electron chi connectivity index (χ0n) is 13.1. The number of nitrogen functional groups attached to an aromatic ring is 1. The fourth-order valence-electron chi connectivity index (χ4n) is 3.47. The first-order chi connectivity index (χ1) is 10.2. The Kier molecular flexibility index (Phi) is 4.11. The number of nitrogens with one attached hydrogen (secondary N) is 1. The first-order valence-electron chi connectivity index (χ1n) is 8.05. The molecule has 0 spiro atoms. The van der Waals surface area contributed by atoms with Crippen molar-refractivity contribution in [2.24, 2.45) is 11.8 Å². The first-order valence-corrected chi connectivity index (χ1v) is 8.05. The lowest BCUT2D eigenvalue weighted by Crippen LogP contribution is -2.15. The zero-order chi connectivity index (χ0) is 14.8. The highest BCUT2D eigenvalue weighted by Crippen LogP contribution is 2.30. The van der Waals surface area contributed by atoms with Crippen molar-refractivity contribution in [3.05, 3.63) is 34.9 Å². The van der Waals surface area contributed by atoms with Crippen LogP contribution in [0.1, 0.15) is 48.8 Å². The smallest absolute Gasteiger partial charge is 0.143 e. The zero-order valence-corrected chi connectivity index (χ0v) is 13.1. The summed E-state index contributed by atoms with van der Waals surface area (Å²) in [5, 5.41) is 1.22. The molecule has 0 radical (unpaired) electrons. The molecule has 1 saturated carbocycles. The third-order valence-corrected chi connectivity index (χ3v) is 4.88. The number of fused-ring (bicyclic) bond motifs is 1. The molecule has 0 unspecified atom stereocenters. The summed E-state index contributed by atoms with van der Waals surface area (Å²) in [6.45, 7) is 4.28. The number of hydrogen-bond donors (Lipinski definition) is 2. The van der Waals surface area contributed by atoms with E-state index in [0.717, 1.165) is 23.7 Å². The molecule has 3 N–H and O–H groups in total. The summed E-state index contributed by atoms with van der Waals surface area (Å²) in [7, 11) is 0. The van der Waals surface area contributed by atoms with Crippen LogP contribution in [-0.2, 0) is 6.42 Å². The summed E-state index contributed by atoms with van der Waals surface area (Å²) in [6.07, 6.45) is 7.91. The van der Waals surface area contributed by atoms with E-state index >= 15 is 0 Å². The first kappa shape index (κ1) is 14.3. The predicted octanol–water partition coefficient (Wildman–Crippen LogP) is 4.26. The largest absolute Gasteiger partial charge is 0.308 e. The molecule has 112 valence electrons. The third kappa shape index (κ3) is 3.03. The van der Waals surface area contributed by atoms with Crippen molar-refractivity contribution in [3.8, 4) is 0 Å².